The minimum atomic E-state index is -0.0155. The zero-order valence-electron chi connectivity index (χ0n) is 16.2. The van der Waals surface area contributed by atoms with Gasteiger partial charge in [-0.15, -0.1) is 27.8 Å². The molecule has 1 aromatic heterocycles. The van der Waals surface area contributed by atoms with Crippen LogP contribution in [0.2, 0.25) is 0 Å². The summed E-state index contributed by atoms with van der Waals surface area (Å²) < 4.78 is 17.3. The third kappa shape index (κ3) is 5.17. The van der Waals surface area contributed by atoms with Crippen LogP contribution in [0.25, 0.3) is 0 Å². The number of aromatic nitrogens is 3. The fraction of sp³-hybridized carbons (Fsp3) is 0. The van der Waals surface area contributed by atoms with Crippen LogP contribution in [-0.4, -0.2) is 15.0 Å². The first-order valence-corrected chi connectivity index (χ1v) is 9.20. The Morgan fingerprint density at radius 2 is 0.935 bits per heavy atom. The van der Waals surface area contributed by atoms with Crippen LogP contribution in [0.3, 0.4) is 0 Å². The maximum Gasteiger partial charge on any atom is 0.331 e. The lowest BCUT2D eigenvalue weighted by Gasteiger charge is -2.10. The first-order valence-electron chi connectivity index (χ1n) is 9.20. The van der Waals surface area contributed by atoms with Gasteiger partial charge in [-0.2, -0.15) is 0 Å². The van der Waals surface area contributed by atoms with Gasteiger partial charge in [0.15, 0.2) is 0 Å². The Labute approximate surface area is 179 Å². The molecule has 4 rings (SSSR count). The number of hydrogen-bond acceptors (Lipinski definition) is 6. The average molecular weight is 405 g/mol. The molecule has 6 heteroatoms. The Morgan fingerprint density at radius 3 is 1.39 bits per heavy atom. The van der Waals surface area contributed by atoms with Crippen molar-refractivity contribution in [3.05, 3.63) is 90.0 Å². The van der Waals surface area contributed by atoms with Gasteiger partial charge in [-0.3, -0.25) is 0 Å². The number of terminal acetylenes is 2. The normalized spacial score (nSPS) is 9.87. The van der Waals surface area contributed by atoms with E-state index in [4.69, 9.17) is 27.1 Å². The molecule has 148 valence electrons. The summed E-state index contributed by atoms with van der Waals surface area (Å²) in [4.78, 5) is 12.7. The SMILES string of the molecule is C#Cc1cccc(Oc2nc(Oc3ccccc3)nc(Oc3cccc(C#C)c3)n2)c1. The molecule has 0 atom stereocenters. The lowest BCUT2D eigenvalue weighted by atomic mass is 10.2. The standard InChI is InChI=1S/C25H15N3O3/c1-3-18-10-8-14-21(16-18)30-24-26-23(29-20-12-6-5-7-13-20)27-25(28-24)31-22-15-9-11-19(4-2)17-22/h1-2,5-17H. The Morgan fingerprint density at radius 1 is 0.516 bits per heavy atom. The van der Waals surface area contributed by atoms with Crippen molar-refractivity contribution in [2.45, 2.75) is 0 Å². The third-order valence-electron chi connectivity index (χ3n) is 3.95. The highest BCUT2D eigenvalue weighted by Crippen LogP contribution is 2.27. The Hall–Kier alpha value is -4.81. The Bertz CT molecular complexity index is 1210. The average Bonchev–Trinajstić information content (AvgIpc) is 2.80. The summed E-state index contributed by atoms with van der Waals surface area (Å²) >= 11 is 0. The van der Waals surface area contributed by atoms with E-state index in [-0.39, 0.29) is 18.0 Å². The second-order valence-electron chi connectivity index (χ2n) is 6.15. The summed E-state index contributed by atoms with van der Waals surface area (Å²) in [5.74, 6) is 6.59. The fourth-order valence-electron chi connectivity index (χ4n) is 2.56. The lowest BCUT2D eigenvalue weighted by Crippen LogP contribution is -2.01. The van der Waals surface area contributed by atoms with E-state index in [0.717, 1.165) is 0 Å². The second-order valence-corrected chi connectivity index (χ2v) is 6.15. The van der Waals surface area contributed by atoms with Crippen LogP contribution in [0.4, 0.5) is 0 Å². The Balaban J connectivity index is 1.67. The van der Waals surface area contributed by atoms with Gasteiger partial charge in [-0.25, -0.2) is 0 Å². The molecule has 0 aliphatic heterocycles. The first kappa shape index (κ1) is 19.5. The molecule has 31 heavy (non-hydrogen) atoms. The molecule has 6 nitrogen and oxygen atoms in total. The highest BCUT2D eigenvalue weighted by atomic mass is 16.5. The van der Waals surface area contributed by atoms with E-state index in [1.54, 1.807) is 60.7 Å². The van der Waals surface area contributed by atoms with Gasteiger partial charge in [0, 0.05) is 11.1 Å². The maximum absolute atomic E-state index is 5.77. The van der Waals surface area contributed by atoms with Crippen molar-refractivity contribution in [1.82, 2.24) is 15.0 Å². The predicted molar refractivity (Wildman–Crippen MR) is 115 cm³/mol. The van der Waals surface area contributed by atoms with Gasteiger partial charge in [0.2, 0.25) is 0 Å². The van der Waals surface area contributed by atoms with E-state index in [0.29, 0.717) is 28.4 Å². The molecule has 0 fully saturated rings. The van der Waals surface area contributed by atoms with Gasteiger partial charge < -0.3 is 14.2 Å². The van der Waals surface area contributed by atoms with E-state index in [9.17, 15) is 0 Å². The third-order valence-corrected chi connectivity index (χ3v) is 3.95. The smallest absolute Gasteiger partial charge is 0.331 e. The van der Waals surface area contributed by atoms with Crippen molar-refractivity contribution in [2.24, 2.45) is 0 Å². The van der Waals surface area contributed by atoms with Gasteiger partial charge in [-0.1, -0.05) is 42.2 Å². The van der Waals surface area contributed by atoms with Crippen LogP contribution in [0.5, 0.6) is 35.3 Å². The lowest BCUT2D eigenvalue weighted by molar-refractivity contribution is 0.362. The summed E-state index contributed by atoms with van der Waals surface area (Å²) in [6, 6.07) is 23.1. The van der Waals surface area contributed by atoms with Gasteiger partial charge in [0.1, 0.15) is 17.2 Å². The minimum Gasteiger partial charge on any atom is -0.424 e. The molecule has 3 aromatic carbocycles. The van der Waals surface area contributed by atoms with Crippen molar-refractivity contribution in [3.63, 3.8) is 0 Å². The number of nitrogens with zero attached hydrogens (tertiary/aromatic N) is 3. The molecule has 0 unspecified atom stereocenters. The van der Waals surface area contributed by atoms with Crippen LogP contribution in [0.1, 0.15) is 11.1 Å². The summed E-state index contributed by atoms with van der Waals surface area (Å²) in [7, 11) is 0. The molecular weight excluding hydrogens is 390 g/mol. The van der Waals surface area contributed by atoms with E-state index in [2.05, 4.69) is 26.8 Å². The number of ether oxygens (including phenoxy) is 3. The molecule has 0 saturated carbocycles. The van der Waals surface area contributed by atoms with Crippen molar-refractivity contribution < 1.29 is 14.2 Å². The van der Waals surface area contributed by atoms with E-state index < -0.39 is 0 Å². The van der Waals surface area contributed by atoms with Crippen molar-refractivity contribution in [2.75, 3.05) is 0 Å². The van der Waals surface area contributed by atoms with Crippen LogP contribution in [-0.2, 0) is 0 Å². The van der Waals surface area contributed by atoms with Crippen molar-refractivity contribution in [3.8, 4) is 60.0 Å². The molecule has 0 spiro atoms. The number of hydrogen-bond donors (Lipinski definition) is 0. The van der Waals surface area contributed by atoms with E-state index in [1.165, 1.54) is 0 Å². The fourth-order valence-corrected chi connectivity index (χ4v) is 2.56. The van der Waals surface area contributed by atoms with Gasteiger partial charge in [0.05, 0.1) is 0 Å². The van der Waals surface area contributed by atoms with Gasteiger partial charge in [-0.05, 0) is 48.5 Å². The van der Waals surface area contributed by atoms with Crippen LogP contribution < -0.4 is 14.2 Å². The van der Waals surface area contributed by atoms with Crippen molar-refractivity contribution >= 4 is 0 Å². The quantitative estimate of drug-likeness (QED) is 0.410. The number of benzene rings is 3. The molecule has 1 heterocycles. The summed E-state index contributed by atoms with van der Waals surface area (Å²) in [6.45, 7) is 0. The minimum absolute atomic E-state index is 0.00686. The van der Waals surface area contributed by atoms with Gasteiger partial charge >= 0.3 is 18.0 Å². The number of rotatable bonds is 6. The molecule has 0 N–H and O–H groups in total. The predicted octanol–water partition coefficient (Wildman–Crippen LogP) is 5.21. The molecule has 0 saturated heterocycles. The van der Waals surface area contributed by atoms with Crippen LogP contribution in [0, 0.1) is 24.7 Å². The molecule has 0 aliphatic rings. The molecule has 0 amide bonds. The molecular formula is C25H15N3O3. The van der Waals surface area contributed by atoms with E-state index in [1.807, 2.05) is 18.2 Å². The number of para-hydroxylation sites is 1. The monoisotopic (exact) mass is 405 g/mol. The van der Waals surface area contributed by atoms with E-state index >= 15 is 0 Å². The van der Waals surface area contributed by atoms with Crippen molar-refractivity contribution in [1.29, 1.82) is 0 Å². The van der Waals surface area contributed by atoms with Crippen LogP contribution >= 0.6 is 0 Å². The largest absolute Gasteiger partial charge is 0.424 e. The highest BCUT2D eigenvalue weighted by molar-refractivity contribution is 5.40. The zero-order chi connectivity index (χ0) is 21.5. The second kappa shape index (κ2) is 9.13. The van der Waals surface area contributed by atoms with Crippen LogP contribution in [0.15, 0.2) is 78.9 Å². The molecule has 0 aliphatic carbocycles. The maximum atomic E-state index is 5.77. The topological polar surface area (TPSA) is 66.4 Å². The molecule has 0 bridgehead atoms. The summed E-state index contributed by atoms with van der Waals surface area (Å²) in [6.07, 6.45) is 10.9. The summed E-state index contributed by atoms with van der Waals surface area (Å²) in [5.41, 5.74) is 1.32. The molecule has 4 aromatic rings. The first-order chi connectivity index (χ1) is 15.2. The molecule has 0 radical (unpaired) electrons. The zero-order valence-corrected chi connectivity index (χ0v) is 16.2. The van der Waals surface area contributed by atoms with Gasteiger partial charge in [0.25, 0.3) is 0 Å². The highest BCUT2D eigenvalue weighted by Gasteiger charge is 2.13. The summed E-state index contributed by atoms with van der Waals surface area (Å²) in [5, 5.41) is 0. The Kier molecular flexibility index (Phi) is 5.74.